The Morgan fingerprint density at radius 2 is 1.74 bits per heavy atom. The van der Waals surface area contributed by atoms with Crippen molar-refractivity contribution in [2.45, 2.75) is 40.2 Å². The van der Waals surface area contributed by atoms with E-state index in [1.165, 1.54) is 12.7 Å². The van der Waals surface area contributed by atoms with E-state index in [1.54, 1.807) is 18.2 Å². The average Bonchev–Trinajstić information content (AvgIpc) is 3.15. The maximum atomic E-state index is 13.3. The molecule has 1 aromatic heterocycles. The molecule has 4 amide bonds. The quantitative estimate of drug-likeness (QED) is 0.639. The van der Waals surface area contributed by atoms with Crippen LogP contribution in [0.2, 0.25) is 0 Å². The third kappa shape index (κ3) is 4.19. The molecule has 2 aromatic rings. The Balaban J connectivity index is 1.54. The van der Waals surface area contributed by atoms with Crippen molar-refractivity contribution in [1.82, 2.24) is 20.5 Å². The zero-order chi connectivity index (χ0) is 25.5. The second-order valence-electron chi connectivity index (χ2n) is 9.60. The van der Waals surface area contributed by atoms with Crippen molar-refractivity contribution < 1.29 is 19.1 Å². The van der Waals surface area contributed by atoms with Gasteiger partial charge in [0.05, 0.1) is 7.11 Å². The summed E-state index contributed by atoms with van der Waals surface area (Å²) in [5.41, 5.74) is 3.07. The normalized spacial score (nSPS) is 20.2. The summed E-state index contributed by atoms with van der Waals surface area (Å²) in [5, 5.41) is 5.09. The van der Waals surface area contributed by atoms with Gasteiger partial charge in [-0.3, -0.25) is 14.9 Å². The van der Waals surface area contributed by atoms with E-state index >= 15 is 0 Å². The molecule has 1 unspecified atom stereocenters. The van der Waals surface area contributed by atoms with Crippen LogP contribution in [0.3, 0.4) is 0 Å². The van der Waals surface area contributed by atoms with Crippen molar-refractivity contribution in [3.8, 4) is 5.75 Å². The number of imide groups is 1. The molecule has 2 N–H and O–H groups in total. The molecule has 0 radical (unpaired) electrons. The number of amides is 4. The van der Waals surface area contributed by atoms with Crippen molar-refractivity contribution >= 4 is 23.7 Å². The Hall–Kier alpha value is -3.62. The van der Waals surface area contributed by atoms with E-state index in [0.29, 0.717) is 43.1 Å². The molecule has 4 rings (SSSR count). The van der Waals surface area contributed by atoms with Gasteiger partial charge in [-0.25, -0.2) is 9.78 Å². The highest BCUT2D eigenvalue weighted by atomic mass is 16.5. The van der Waals surface area contributed by atoms with Gasteiger partial charge in [-0.1, -0.05) is 26.0 Å². The Kier molecular flexibility index (Phi) is 6.44. The fraction of sp³-hybridized carbons (Fsp3) is 0.462. The smallest absolute Gasteiger partial charge is 0.322 e. The zero-order valence-corrected chi connectivity index (χ0v) is 21.2. The van der Waals surface area contributed by atoms with E-state index in [9.17, 15) is 14.4 Å². The number of pyridine rings is 1. The number of benzene rings is 1. The van der Waals surface area contributed by atoms with Crippen molar-refractivity contribution in [3.63, 3.8) is 0 Å². The van der Waals surface area contributed by atoms with Crippen molar-refractivity contribution in [1.29, 1.82) is 0 Å². The monoisotopic (exact) mass is 479 g/mol. The second kappa shape index (κ2) is 9.20. The van der Waals surface area contributed by atoms with E-state index in [0.717, 1.165) is 17.1 Å². The van der Waals surface area contributed by atoms with Crippen molar-refractivity contribution in [2.75, 3.05) is 38.2 Å². The maximum absolute atomic E-state index is 13.3. The molecule has 1 aromatic carbocycles. The van der Waals surface area contributed by atoms with Gasteiger partial charge in [-0.05, 0) is 49.9 Å². The van der Waals surface area contributed by atoms with Gasteiger partial charge in [0.1, 0.15) is 11.6 Å². The summed E-state index contributed by atoms with van der Waals surface area (Å²) >= 11 is 0. The lowest BCUT2D eigenvalue weighted by Crippen LogP contribution is -2.49. The summed E-state index contributed by atoms with van der Waals surface area (Å²) < 4.78 is 5.59. The molecule has 35 heavy (non-hydrogen) atoms. The number of carbonyl (C=O) groups is 3. The number of methoxy groups -OCH3 is 1. The summed E-state index contributed by atoms with van der Waals surface area (Å²) in [7, 11) is 1.49. The van der Waals surface area contributed by atoms with E-state index in [1.807, 2.05) is 25.7 Å². The number of aromatic nitrogens is 1. The summed E-state index contributed by atoms with van der Waals surface area (Å²) in [6, 6.07) is 6.66. The Bertz CT molecular complexity index is 1190. The lowest BCUT2D eigenvalue weighted by Gasteiger charge is -2.36. The van der Waals surface area contributed by atoms with Gasteiger partial charge in [0, 0.05) is 43.0 Å². The fourth-order valence-electron chi connectivity index (χ4n) is 4.98. The molecule has 0 spiro atoms. The van der Waals surface area contributed by atoms with E-state index < -0.39 is 17.5 Å². The lowest BCUT2D eigenvalue weighted by molar-refractivity contribution is -0.125. The van der Waals surface area contributed by atoms with Crippen LogP contribution in [-0.2, 0) is 10.3 Å². The minimum Gasteiger partial charge on any atom is -0.496 e. The molecule has 3 heterocycles. The number of urea groups is 1. The average molecular weight is 480 g/mol. The number of ether oxygens (including phenoxy) is 1. The Morgan fingerprint density at radius 3 is 2.31 bits per heavy atom. The van der Waals surface area contributed by atoms with Crippen molar-refractivity contribution in [2.24, 2.45) is 5.92 Å². The predicted octanol–water partition coefficient (Wildman–Crippen LogP) is 2.67. The minimum absolute atomic E-state index is 0.0993. The van der Waals surface area contributed by atoms with E-state index in [4.69, 9.17) is 9.72 Å². The standard InChI is InChI=1S/C26H33N5O4/c1-15(2)26(24(33)28-25(34)29-26)20-8-7-19(14-21(20)35-6)23(32)31-11-9-30(10-12-31)22-17(4)13-16(3)18(5)27-22/h7-8,13-15H,9-12H2,1-6H3,(H2,28,29,33,34). The highest BCUT2D eigenvalue weighted by molar-refractivity contribution is 6.08. The summed E-state index contributed by atoms with van der Waals surface area (Å²) in [4.78, 5) is 46.9. The van der Waals surface area contributed by atoms with Crippen LogP contribution in [0.1, 0.15) is 46.6 Å². The molecule has 186 valence electrons. The largest absolute Gasteiger partial charge is 0.496 e. The highest BCUT2D eigenvalue weighted by Gasteiger charge is 2.51. The number of hydrogen-bond donors (Lipinski definition) is 2. The van der Waals surface area contributed by atoms with Crippen LogP contribution < -0.4 is 20.3 Å². The van der Waals surface area contributed by atoms with Crippen LogP contribution in [0, 0.1) is 26.7 Å². The first-order chi connectivity index (χ1) is 16.6. The number of anilines is 1. The molecule has 2 aliphatic rings. The van der Waals surface area contributed by atoms with Gasteiger partial charge in [-0.15, -0.1) is 0 Å². The molecule has 1 atom stereocenters. The molecular weight excluding hydrogens is 446 g/mol. The Labute approximate surface area is 205 Å². The third-order valence-electron chi connectivity index (χ3n) is 7.13. The fourth-order valence-corrected chi connectivity index (χ4v) is 4.98. The maximum Gasteiger partial charge on any atom is 0.322 e. The van der Waals surface area contributed by atoms with Gasteiger partial charge in [0.15, 0.2) is 5.54 Å². The molecule has 2 aliphatic heterocycles. The topological polar surface area (TPSA) is 104 Å². The molecule has 2 fully saturated rings. The number of aryl methyl sites for hydroxylation is 3. The number of rotatable bonds is 5. The van der Waals surface area contributed by atoms with Crippen LogP contribution in [0.15, 0.2) is 24.3 Å². The van der Waals surface area contributed by atoms with Gasteiger partial charge in [0.25, 0.3) is 11.8 Å². The first-order valence-electron chi connectivity index (χ1n) is 11.9. The SMILES string of the molecule is COc1cc(C(=O)N2CCN(c3nc(C)c(C)cc3C)CC2)ccc1C1(C(C)C)NC(=O)NC1=O. The Morgan fingerprint density at radius 1 is 1.06 bits per heavy atom. The van der Waals surface area contributed by atoms with Crippen LogP contribution in [0.5, 0.6) is 5.75 Å². The second-order valence-corrected chi connectivity index (χ2v) is 9.60. The summed E-state index contributed by atoms with van der Waals surface area (Å²) in [6.45, 7) is 12.4. The third-order valence-corrected chi connectivity index (χ3v) is 7.13. The van der Waals surface area contributed by atoms with Crippen LogP contribution in [-0.4, -0.2) is 61.0 Å². The van der Waals surface area contributed by atoms with Gasteiger partial charge < -0.3 is 19.9 Å². The van der Waals surface area contributed by atoms with Gasteiger partial charge >= 0.3 is 6.03 Å². The first-order valence-corrected chi connectivity index (χ1v) is 11.9. The molecule has 2 saturated heterocycles. The zero-order valence-electron chi connectivity index (χ0n) is 21.2. The number of carbonyl (C=O) groups excluding carboxylic acids is 3. The van der Waals surface area contributed by atoms with Crippen molar-refractivity contribution in [3.05, 3.63) is 52.2 Å². The molecule has 0 saturated carbocycles. The summed E-state index contributed by atoms with van der Waals surface area (Å²) in [5.74, 6) is 0.594. The van der Waals surface area contributed by atoms with Crippen LogP contribution in [0.4, 0.5) is 10.6 Å². The van der Waals surface area contributed by atoms with Crippen LogP contribution in [0.25, 0.3) is 0 Å². The first kappa shape index (κ1) is 24.5. The summed E-state index contributed by atoms with van der Waals surface area (Å²) in [6.07, 6.45) is 0. The number of nitrogens with one attached hydrogen (secondary N) is 2. The van der Waals surface area contributed by atoms with Gasteiger partial charge in [-0.2, -0.15) is 0 Å². The number of nitrogens with zero attached hydrogens (tertiary/aromatic N) is 3. The highest BCUT2D eigenvalue weighted by Crippen LogP contribution is 2.39. The molecule has 0 bridgehead atoms. The molecule has 9 heteroatoms. The van der Waals surface area contributed by atoms with Crippen LogP contribution >= 0.6 is 0 Å². The lowest BCUT2D eigenvalue weighted by atomic mass is 9.79. The van der Waals surface area contributed by atoms with Gasteiger partial charge in [0.2, 0.25) is 0 Å². The molecule has 0 aliphatic carbocycles. The minimum atomic E-state index is -1.26. The number of piperazine rings is 1. The number of hydrogen-bond acceptors (Lipinski definition) is 6. The predicted molar refractivity (Wildman–Crippen MR) is 133 cm³/mol. The molecular formula is C26H33N5O4. The van der Waals surface area contributed by atoms with E-state index in [-0.39, 0.29) is 11.8 Å². The molecule has 9 nitrogen and oxygen atoms in total. The van der Waals surface area contributed by atoms with E-state index in [2.05, 4.69) is 35.4 Å².